The first-order valence-corrected chi connectivity index (χ1v) is 8.43. The van der Waals surface area contributed by atoms with Crippen molar-refractivity contribution in [3.63, 3.8) is 0 Å². The van der Waals surface area contributed by atoms with E-state index >= 15 is 0 Å². The van der Waals surface area contributed by atoms with Crippen LogP contribution in [-0.2, 0) is 0 Å². The normalized spacial score (nSPS) is 18.5. The molecule has 1 fully saturated rings. The molecule has 1 atom stereocenters. The predicted molar refractivity (Wildman–Crippen MR) is 94.2 cm³/mol. The van der Waals surface area contributed by atoms with Gasteiger partial charge in [-0.2, -0.15) is 0 Å². The fourth-order valence-electron chi connectivity index (χ4n) is 2.88. The molecule has 23 heavy (non-hydrogen) atoms. The van der Waals surface area contributed by atoms with Crippen molar-refractivity contribution in [2.45, 2.75) is 12.5 Å². The first kappa shape index (κ1) is 16.3. The Balaban J connectivity index is 1.71. The monoisotopic (exact) mass is 348 g/mol. The molecule has 120 valence electrons. The fraction of sp³-hybridized carbons (Fsp3) is 0.278. The van der Waals surface area contributed by atoms with Crippen molar-refractivity contribution in [3.05, 3.63) is 69.7 Å². The molecular weight excluding hydrogens is 331 g/mol. The van der Waals surface area contributed by atoms with Crippen LogP contribution in [0, 0.1) is 0 Å². The van der Waals surface area contributed by atoms with Crippen molar-refractivity contribution in [2.75, 3.05) is 19.6 Å². The van der Waals surface area contributed by atoms with Gasteiger partial charge < -0.3 is 10.2 Å². The Hall–Kier alpha value is -1.55. The topological polar surface area (TPSA) is 32.3 Å². The smallest absolute Gasteiger partial charge is 0.255 e. The predicted octanol–water partition coefficient (Wildman–Crippen LogP) is 4.17. The van der Waals surface area contributed by atoms with Gasteiger partial charge in [-0.05, 0) is 30.2 Å². The number of rotatable bonds is 2. The molecule has 0 aliphatic carbocycles. The third-order valence-electron chi connectivity index (χ3n) is 4.11. The summed E-state index contributed by atoms with van der Waals surface area (Å²) in [4.78, 5) is 14.6. The zero-order valence-electron chi connectivity index (χ0n) is 12.6. The Kier molecular flexibility index (Phi) is 5.21. The van der Waals surface area contributed by atoms with Crippen LogP contribution in [0.15, 0.2) is 48.5 Å². The number of benzene rings is 2. The van der Waals surface area contributed by atoms with Crippen molar-refractivity contribution in [1.82, 2.24) is 10.2 Å². The highest BCUT2D eigenvalue weighted by molar-refractivity contribution is 6.36. The highest BCUT2D eigenvalue weighted by Gasteiger charge is 2.23. The standard InChI is InChI=1S/C18H18Cl2N2O/c19-14-6-7-15(16(20)12-14)18(23)22-10-8-17(21-9-11-22)13-4-2-1-3-5-13/h1-7,12,17,21H,8-11H2. The van der Waals surface area contributed by atoms with Gasteiger partial charge in [-0.15, -0.1) is 0 Å². The number of carbonyl (C=O) groups excluding carboxylic acids is 1. The molecule has 2 aromatic carbocycles. The summed E-state index contributed by atoms with van der Waals surface area (Å²) in [6, 6.07) is 15.6. The molecule has 1 saturated heterocycles. The number of nitrogens with one attached hydrogen (secondary N) is 1. The van der Waals surface area contributed by atoms with E-state index < -0.39 is 0 Å². The molecule has 0 radical (unpaired) electrons. The fourth-order valence-corrected chi connectivity index (χ4v) is 3.37. The minimum absolute atomic E-state index is 0.0396. The van der Waals surface area contributed by atoms with E-state index in [0.29, 0.717) is 28.7 Å². The number of hydrogen-bond donors (Lipinski definition) is 1. The highest BCUT2D eigenvalue weighted by Crippen LogP contribution is 2.24. The van der Waals surface area contributed by atoms with Gasteiger partial charge in [0.15, 0.2) is 0 Å². The van der Waals surface area contributed by atoms with E-state index in [9.17, 15) is 4.79 Å². The molecule has 1 unspecified atom stereocenters. The number of halogens is 2. The van der Waals surface area contributed by atoms with Gasteiger partial charge in [-0.25, -0.2) is 0 Å². The van der Waals surface area contributed by atoms with Crippen molar-refractivity contribution in [1.29, 1.82) is 0 Å². The Morgan fingerprint density at radius 3 is 2.61 bits per heavy atom. The van der Waals surface area contributed by atoms with Crippen LogP contribution in [0.5, 0.6) is 0 Å². The van der Waals surface area contributed by atoms with Crippen LogP contribution in [0.2, 0.25) is 10.0 Å². The third kappa shape index (κ3) is 3.86. The van der Waals surface area contributed by atoms with E-state index in [1.54, 1.807) is 18.2 Å². The molecule has 1 N–H and O–H groups in total. The second kappa shape index (κ2) is 7.35. The lowest BCUT2D eigenvalue weighted by Crippen LogP contribution is -2.34. The number of hydrogen-bond acceptors (Lipinski definition) is 2. The Morgan fingerprint density at radius 1 is 1.09 bits per heavy atom. The average Bonchev–Trinajstić information content (AvgIpc) is 2.81. The summed E-state index contributed by atoms with van der Waals surface area (Å²) in [6.45, 7) is 2.13. The Morgan fingerprint density at radius 2 is 1.87 bits per heavy atom. The molecular formula is C18H18Cl2N2O. The van der Waals surface area contributed by atoms with Gasteiger partial charge in [0.1, 0.15) is 0 Å². The zero-order valence-corrected chi connectivity index (χ0v) is 14.1. The van der Waals surface area contributed by atoms with Crippen molar-refractivity contribution >= 4 is 29.1 Å². The maximum Gasteiger partial charge on any atom is 0.255 e. The average molecular weight is 349 g/mol. The molecule has 0 saturated carbocycles. The molecule has 3 rings (SSSR count). The van der Waals surface area contributed by atoms with E-state index in [4.69, 9.17) is 23.2 Å². The van der Waals surface area contributed by atoms with E-state index in [0.717, 1.165) is 13.0 Å². The minimum Gasteiger partial charge on any atom is -0.337 e. The second-order valence-electron chi connectivity index (χ2n) is 5.62. The van der Waals surface area contributed by atoms with Crippen LogP contribution >= 0.6 is 23.2 Å². The molecule has 5 heteroatoms. The van der Waals surface area contributed by atoms with Crippen LogP contribution in [-0.4, -0.2) is 30.4 Å². The van der Waals surface area contributed by atoms with Gasteiger partial charge in [0, 0.05) is 30.7 Å². The maximum atomic E-state index is 12.7. The van der Waals surface area contributed by atoms with Crippen LogP contribution < -0.4 is 5.32 Å². The van der Waals surface area contributed by atoms with E-state index in [-0.39, 0.29) is 11.9 Å². The molecule has 1 aliphatic rings. The highest BCUT2D eigenvalue weighted by atomic mass is 35.5. The van der Waals surface area contributed by atoms with Gasteiger partial charge in [0.2, 0.25) is 0 Å². The summed E-state index contributed by atoms with van der Waals surface area (Å²) in [5, 5.41) is 4.45. The summed E-state index contributed by atoms with van der Waals surface area (Å²) in [7, 11) is 0. The van der Waals surface area contributed by atoms with Crippen LogP contribution in [0.25, 0.3) is 0 Å². The molecule has 0 bridgehead atoms. The summed E-state index contributed by atoms with van der Waals surface area (Å²) in [5.74, 6) is -0.0396. The SMILES string of the molecule is O=C(c1ccc(Cl)cc1Cl)N1CCNC(c2ccccc2)CC1. The van der Waals surface area contributed by atoms with Gasteiger partial charge in [0.05, 0.1) is 10.6 Å². The minimum atomic E-state index is -0.0396. The van der Waals surface area contributed by atoms with Crippen LogP contribution in [0.1, 0.15) is 28.4 Å². The molecule has 1 amide bonds. The lowest BCUT2D eigenvalue weighted by Gasteiger charge is -2.21. The Labute approximate surface area is 146 Å². The molecule has 3 nitrogen and oxygen atoms in total. The lowest BCUT2D eigenvalue weighted by atomic mass is 10.0. The molecule has 1 aliphatic heterocycles. The first-order chi connectivity index (χ1) is 11.1. The van der Waals surface area contributed by atoms with E-state index in [2.05, 4.69) is 17.4 Å². The quantitative estimate of drug-likeness (QED) is 0.883. The van der Waals surface area contributed by atoms with E-state index in [1.807, 2.05) is 23.1 Å². The number of nitrogens with zero attached hydrogens (tertiary/aromatic N) is 1. The van der Waals surface area contributed by atoms with Gasteiger partial charge in [-0.3, -0.25) is 4.79 Å². The first-order valence-electron chi connectivity index (χ1n) is 7.68. The van der Waals surface area contributed by atoms with Gasteiger partial charge >= 0.3 is 0 Å². The van der Waals surface area contributed by atoms with Crippen LogP contribution in [0.3, 0.4) is 0 Å². The van der Waals surface area contributed by atoms with Gasteiger partial charge in [-0.1, -0.05) is 53.5 Å². The Bertz CT molecular complexity index is 691. The second-order valence-corrected chi connectivity index (χ2v) is 6.47. The molecule has 0 spiro atoms. The number of carbonyl (C=O) groups is 1. The summed E-state index contributed by atoms with van der Waals surface area (Å²) < 4.78 is 0. The molecule has 0 aromatic heterocycles. The van der Waals surface area contributed by atoms with E-state index in [1.165, 1.54) is 5.56 Å². The van der Waals surface area contributed by atoms with Crippen molar-refractivity contribution in [2.24, 2.45) is 0 Å². The summed E-state index contributed by atoms with van der Waals surface area (Å²) in [5.41, 5.74) is 1.76. The molecule has 2 aromatic rings. The van der Waals surface area contributed by atoms with Crippen molar-refractivity contribution in [3.8, 4) is 0 Å². The summed E-state index contributed by atoms with van der Waals surface area (Å²) in [6.07, 6.45) is 0.876. The van der Waals surface area contributed by atoms with Gasteiger partial charge in [0.25, 0.3) is 5.91 Å². The van der Waals surface area contributed by atoms with Crippen LogP contribution in [0.4, 0.5) is 0 Å². The summed E-state index contributed by atoms with van der Waals surface area (Å²) >= 11 is 12.1. The zero-order chi connectivity index (χ0) is 16.2. The maximum absolute atomic E-state index is 12.7. The number of amides is 1. The molecule has 1 heterocycles. The largest absolute Gasteiger partial charge is 0.337 e. The lowest BCUT2D eigenvalue weighted by molar-refractivity contribution is 0.0765. The third-order valence-corrected chi connectivity index (χ3v) is 4.66. The van der Waals surface area contributed by atoms with Crippen molar-refractivity contribution < 1.29 is 4.79 Å².